The average Bonchev–Trinajstić information content (AvgIpc) is 3.45. The number of piperidine rings is 1. The van der Waals surface area contributed by atoms with Crippen LogP contribution in [0.5, 0.6) is 0 Å². The van der Waals surface area contributed by atoms with E-state index in [0.717, 1.165) is 49.1 Å². The summed E-state index contributed by atoms with van der Waals surface area (Å²) >= 11 is 0. The SMILES string of the molecule is O=C(c1ccccc1)N1CCCC(C(=O)N2CCCC2c2nc3ccncc3[nH]2)C1. The number of imidazole rings is 1. The fourth-order valence-corrected chi connectivity index (χ4v) is 4.71. The van der Waals surface area contributed by atoms with Crippen molar-refractivity contribution < 1.29 is 9.59 Å². The highest BCUT2D eigenvalue weighted by atomic mass is 16.2. The predicted molar refractivity (Wildman–Crippen MR) is 113 cm³/mol. The summed E-state index contributed by atoms with van der Waals surface area (Å²) in [5.74, 6) is 0.826. The highest BCUT2D eigenvalue weighted by molar-refractivity contribution is 5.94. The van der Waals surface area contributed by atoms with Gasteiger partial charge < -0.3 is 14.8 Å². The highest BCUT2D eigenvalue weighted by Crippen LogP contribution is 2.34. The lowest BCUT2D eigenvalue weighted by Crippen LogP contribution is -2.46. The summed E-state index contributed by atoms with van der Waals surface area (Å²) < 4.78 is 0. The molecule has 2 aromatic heterocycles. The van der Waals surface area contributed by atoms with Crippen molar-refractivity contribution in [3.8, 4) is 0 Å². The van der Waals surface area contributed by atoms with Crippen molar-refractivity contribution >= 4 is 22.8 Å². The van der Waals surface area contributed by atoms with Gasteiger partial charge in [-0.15, -0.1) is 0 Å². The molecule has 0 bridgehead atoms. The minimum absolute atomic E-state index is 0.0101. The van der Waals surface area contributed by atoms with Crippen molar-refractivity contribution in [2.24, 2.45) is 5.92 Å². The smallest absolute Gasteiger partial charge is 0.253 e. The van der Waals surface area contributed by atoms with E-state index >= 15 is 0 Å². The zero-order chi connectivity index (χ0) is 20.5. The Labute approximate surface area is 175 Å². The maximum atomic E-state index is 13.4. The predicted octanol–water partition coefficient (Wildman–Crippen LogP) is 3.17. The molecule has 2 unspecified atom stereocenters. The van der Waals surface area contributed by atoms with Crippen molar-refractivity contribution in [3.63, 3.8) is 0 Å². The lowest BCUT2D eigenvalue weighted by atomic mass is 9.95. The number of aromatic nitrogens is 3. The summed E-state index contributed by atoms with van der Waals surface area (Å²) in [4.78, 5) is 42.3. The van der Waals surface area contributed by atoms with Crippen molar-refractivity contribution in [3.05, 3.63) is 60.2 Å². The molecule has 7 nitrogen and oxygen atoms in total. The van der Waals surface area contributed by atoms with Gasteiger partial charge in [0.2, 0.25) is 5.91 Å². The number of pyridine rings is 1. The fourth-order valence-electron chi connectivity index (χ4n) is 4.71. The number of H-pyrrole nitrogens is 1. The van der Waals surface area contributed by atoms with Gasteiger partial charge in [-0.2, -0.15) is 0 Å². The monoisotopic (exact) mass is 403 g/mol. The van der Waals surface area contributed by atoms with Crippen molar-refractivity contribution in [2.75, 3.05) is 19.6 Å². The van der Waals surface area contributed by atoms with Crippen LogP contribution < -0.4 is 0 Å². The van der Waals surface area contributed by atoms with Gasteiger partial charge in [-0.1, -0.05) is 18.2 Å². The lowest BCUT2D eigenvalue weighted by Gasteiger charge is -2.35. The number of benzene rings is 1. The van der Waals surface area contributed by atoms with Crippen LogP contribution in [0.3, 0.4) is 0 Å². The Balaban J connectivity index is 1.32. The Hall–Kier alpha value is -3.22. The van der Waals surface area contributed by atoms with Gasteiger partial charge in [0.25, 0.3) is 5.91 Å². The highest BCUT2D eigenvalue weighted by Gasteiger charge is 2.38. The molecule has 1 N–H and O–H groups in total. The Morgan fingerprint density at radius 3 is 2.70 bits per heavy atom. The molecule has 0 radical (unpaired) electrons. The molecule has 2 saturated heterocycles. The summed E-state index contributed by atoms with van der Waals surface area (Å²) in [6.45, 7) is 1.93. The number of likely N-dealkylation sites (tertiary alicyclic amines) is 2. The lowest BCUT2D eigenvalue weighted by molar-refractivity contribution is -0.138. The van der Waals surface area contributed by atoms with Gasteiger partial charge in [0, 0.05) is 31.4 Å². The van der Waals surface area contributed by atoms with Crippen LogP contribution in [0.15, 0.2) is 48.8 Å². The van der Waals surface area contributed by atoms with E-state index in [2.05, 4.69) is 9.97 Å². The number of amides is 2. The zero-order valence-corrected chi connectivity index (χ0v) is 16.8. The Bertz CT molecular complexity index is 1030. The molecule has 5 rings (SSSR count). The molecule has 2 aliphatic heterocycles. The average molecular weight is 403 g/mol. The second-order valence-electron chi connectivity index (χ2n) is 8.16. The molecule has 30 heavy (non-hydrogen) atoms. The Kier molecular flexibility index (Phi) is 4.94. The van der Waals surface area contributed by atoms with E-state index in [1.54, 1.807) is 12.4 Å². The van der Waals surface area contributed by atoms with Crippen LogP contribution in [0, 0.1) is 5.92 Å². The van der Waals surface area contributed by atoms with Crippen molar-refractivity contribution in [1.29, 1.82) is 0 Å². The number of nitrogens with zero attached hydrogens (tertiary/aromatic N) is 4. The Morgan fingerprint density at radius 2 is 1.87 bits per heavy atom. The molecular weight excluding hydrogens is 378 g/mol. The third-order valence-corrected chi connectivity index (χ3v) is 6.23. The first kappa shape index (κ1) is 18.8. The van der Waals surface area contributed by atoms with E-state index in [0.29, 0.717) is 18.7 Å². The number of carbonyl (C=O) groups excluding carboxylic acids is 2. The minimum atomic E-state index is -0.155. The van der Waals surface area contributed by atoms with Crippen LogP contribution in [0.4, 0.5) is 0 Å². The first-order valence-electron chi connectivity index (χ1n) is 10.6. The van der Waals surface area contributed by atoms with E-state index in [4.69, 9.17) is 4.98 Å². The topological polar surface area (TPSA) is 82.2 Å². The van der Waals surface area contributed by atoms with Crippen molar-refractivity contribution in [2.45, 2.75) is 31.7 Å². The van der Waals surface area contributed by atoms with Crippen molar-refractivity contribution in [1.82, 2.24) is 24.8 Å². The number of nitrogens with one attached hydrogen (secondary N) is 1. The molecule has 154 valence electrons. The molecule has 3 aromatic rings. The standard InChI is InChI=1S/C23H25N5O2/c29-22(16-6-2-1-3-7-16)27-12-4-8-17(15-27)23(30)28-13-5-9-20(28)21-25-18-10-11-24-14-19(18)26-21/h1-3,6-7,10-11,14,17,20H,4-5,8-9,12-13,15H2,(H,25,26). The number of aromatic amines is 1. The molecule has 1 aromatic carbocycles. The third kappa shape index (κ3) is 3.44. The second kappa shape index (κ2) is 7.89. The summed E-state index contributed by atoms with van der Waals surface area (Å²) in [7, 11) is 0. The molecule has 2 atom stereocenters. The molecule has 4 heterocycles. The number of hydrogen-bond acceptors (Lipinski definition) is 4. The number of carbonyl (C=O) groups is 2. The first-order chi connectivity index (χ1) is 14.7. The van der Waals surface area contributed by atoms with Crippen LogP contribution in [0.25, 0.3) is 11.0 Å². The maximum Gasteiger partial charge on any atom is 0.253 e. The molecule has 2 amide bonds. The van der Waals surface area contributed by atoms with E-state index in [1.807, 2.05) is 46.2 Å². The number of fused-ring (bicyclic) bond motifs is 1. The van der Waals surface area contributed by atoms with Crippen LogP contribution in [0.2, 0.25) is 0 Å². The van der Waals surface area contributed by atoms with Crippen LogP contribution in [-0.2, 0) is 4.79 Å². The molecule has 2 fully saturated rings. The molecular formula is C23H25N5O2. The Morgan fingerprint density at radius 1 is 1.03 bits per heavy atom. The van der Waals surface area contributed by atoms with Gasteiger partial charge in [-0.3, -0.25) is 14.6 Å². The normalized spacial score (nSPS) is 21.9. The van der Waals surface area contributed by atoms with Crippen LogP contribution in [0.1, 0.15) is 47.9 Å². The minimum Gasteiger partial charge on any atom is -0.339 e. The summed E-state index contributed by atoms with van der Waals surface area (Å²) in [6, 6.07) is 11.2. The number of hydrogen-bond donors (Lipinski definition) is 1. The van der Waals surface area contributed by atoms with Crippen LogP contribution in [-0.4, -0.2) is 56.2 Å². The summed E-state index contributed by atoms with van der Waals surface area (Å²) in [5, 5.41) is 0. The fraction of sp³-hybridized carbons (Fsp3) is 0.391. The van der Waals surface area contributed by atoms with Gasteiger partial charge in [-0.05, 0) is 43.9 Å². The van der Waals surface area contributed by atoms with E-state index in [1.165, 1.54) is 0 Å². The molecule has 0 saturated carbocycles. The molecule has 0 spiro atoms. The van der Waals surface area contributed by atoms with E-state index < -0.39 is 0 Å². The number of rotatable bonds is 3. The molecule has 7 heteroatoms. The summed E-state index contributed by atoms with van der Waals surface area (Å²) in [5.41, 5.74) is 2.45. The van der Waals surface area contributed by atoms with E-state index in [9.17, 15) is 9.59 Å². The second-order valence-corrected chi connectivity index (χ2v) is 8.16. The van der Waals surface area contributed by atoms with Gasteiger partial charge in [0.15, 0.2) is 0 Å². The van der Waals surface area contributed by atoms with Crippen LogP contribution >= 0.6 is 0 Å². The molecule has 0 aliphatic carbocycles. The van der Waals surface area contributed by atoms with Gasteiger partial charge in [-0.25, -0.2) is 4.98 Å². The zero-order valence-electron chi connectivity index (χ0n) is 16.8. The van der Waals surface area contributed by atoms with Gasteiger partial charge in [0.1, 0.15) is 5.82 Å². The first-order valence-corrected chi connectivity index (χ1v) is 10.6. The van der Waals surface area contributed by atoms with Gasteiger partial charge in [0.05, 0.1) is 29.2 Å². The summed E-state index contributed by atoms with van der Waals surface area (Å²) in [6.07, 6.45) is 7.03. The maximum absolute atomic E-state index is 13.4. The molecule has 2 aliphatic rings. The third-order valence-electron chi connectivity index (χ3n) is 6.23. The quantitative estimate of drug-likeness (QED) is 0.728. The van der Waals surface area contributed by atoms with Gasteiger partial charge >= 0.3 is 0 Å². The largest absolute Gasteiger partial charge is 0.339 e. The van der Waals surface area contributed by atoms with E-state index in [-0.39, 0.29) is 23.8 Å².